The molecule has 0 radical (unpaired) electrons. The van der Waals surface area contributed by atoms with Gasteiger partial charge in [-0.15, -0.1) is 11.3 Å². The van der Waals surface area contributed by atoms with E-state index in [9.17, 15) is 13.2 Å². The average molecular weight is 514 g/mol. The van der Waals surface area contributed by atoms with E-state index in [0.29, 0.717) is 23.5 Å². The molecule has 4 rings (SSSR count). The maximum atomic E-state index is 12.6. The molecule has 0 unspecified atom stereocenters. The molecule has 0 spiro atoms. The number of hydrogen-bond donors (Lipinski definition) is 1. The molecule has 0 fully saturated rings. The smallest absolute Gasteiger partial charge is 0.265 e. The molecule has 4 aromatic rings. The third-order valence-electron chi connectivity index (χ3n) is 5.35. The van der Waals surface area contributed by atoms with Crippen LogP contribution in [0, 0.1) is 6.92 Å². The van der Waals surface area contributed by atoms with Gasteiger partial charge in [0.1, 0.15) is 5.82 Å². The Morgan fingerprint density at radius 3 is 2.74 bits per heavy atom. The molecule has 0 saturated heterocycles. The minimum atomic E-state index is -3.86. The van der Waals surface area contributed by atoms with Gasteiger partial charge < -0.3 is 4.57 Å². The van der Waals surface area contributed by atoms with E-state index in [-0.39, 0.29) is 5.56 Å². The Bertz CT molecular complexity index is 1470. The van der Waals surface area contributed by atoms with Crippen molar-refractivity contribution in [1.29, 1.82) is 0 Å². The van der Waals surface area contributed by atoms with Gasteiger partial charge in [0.2, 0.25) is 0 Å². The van der Waals surface area contributed by atoms with Crippen molar-refractivity contribution in [1.82, 2.24) is 14.3 Å². The van der Waals surface area contributed by atoms with Gasteiger partial charge in [0.25, 0.3) is 15.9 Å². The highest BCUT2D eigenvalue weighted by atomic mass is 35.5. The average Bonchev–Trinajstić information content (AvgIpc) is 3.43. The topological polar surface area (TPSA) is 81.1 Å². The molecular formula is C25H24ClN3O3S2. The predicted molar refractivity (Wildman–Crippen MR) is 139 cm³/mol. The summed E-state index contributed by atoms with van der Waals surface area (Å²) in [5.41, 5.74) is 3.65. The second-order valence-corrected chi connectivity index (χ2v) is 10.8. The number of allylic oxidation sites excluding steroid dienone is 1. The van der Waals surface area contributed by atoms with Crippen molar-refractivity contribution in [3.8, 4) is 10.4 Å². The maximum Gasteiger partial charge on any atom is 0.265 e. The second kappa shape index (κ2) is 10.1. The van der Waals surface area contributed by atoms with Crippen molar-refractivity contribution < 1.29 is 13.2 Å². The molecule has 0 aliphatic rings. The SMILES string of the molecule is CCC/C=C/S(=O)(=O)NC(=O)c1ccc2nc(C)n(Cc3ccc(-c4cccs4)cc3Cl)c2c1. The number of rotatable bonds is 8. The number of hydrogen-bond acceptors (Lipinski definition) is 5. The number of nitrogens with one attached hydrogen (secondary N) is 1. The molecule has 176 valence electrons. The van der Waals surface area contributed by atoms with E-state index in [1.165, 1.54) is 6.08 Å². The van der Waals surface area contributed by atoms with Crippen LogP contribution in [0.5, 0.6) is 0 Å². The van der Waals surface area contributed by atoms with Crippen molar-refractivity contribution in [2.45, 2.75) is 33.2 Å². The molecule has 0 aliphatic heterocycles. The van der Waals surface area contributed by atoms with Crippen LogP contribution in [-0.4, -0.2) is 23.9 Å². The summed E-state index contributed by atoms with van der Waals surface area (Å²) in [6.45, 7) is 4.30. The van der Waals surface area contributed by atoms with E-state index in [1.54, 1.807) is 29.5 Å². The van der Waals surface area contributed by atoms with Gasteiger partial charge in [0.05, 0.1) is 17.6 Å². The van der Waals surface area contributed by atoms with E-state index in [0.717, 1.165) is 39.2 Å². The Kier molecular flexibility index (Phi) is 7.21. The Labute approximate surface area is 208 Å². The van der Waals surface area contributed by atoms with Gasteiger partial charge in [-0.2, -0.15) is 0 Å². The lowest BCUT2D eigenvalue weighted by atomic mass is 10.1. The van der Waals surface area contributed by atoms with E-state index in [1.807, 2.05) is 48.1 Å². The Morgan fingerprint density at radius 2 is 2.03 bits per heavy atom. The summed E-state index contributed by atoms with van der Waals surface area (Å²) in [6, 6.07) is 15.0. The number of carbonyl (C=O) groups is 1. The number of nitrogens with zero attached hydrogens (tertiary/aromatic N) is 2. The molecule has 0 saturated carbocycles. The van der Waals surface area contributed by atoms with Gasteiger partial charge in [-0.25, -0.2) is 18.1 Å². The zero-order valence-electron chi connectivity index (χ0n) is 18.8. The van der Waals surface area contributed by atoms with Crippen LogP contribution in [0.15, 0.2) is 65.4 Å². The van der Waals surface area contributed by atoms with Crippen LogP contribution in [0.1, 0.15) is 41.5 Å². The third-order valence-corrected chi connectivity index (χ3v) is 7.65. The molecule has 1 amide bonds. The third kappa shape index (κ3) is 5.41. The normalized spacial score (nSPS) is 12.0. The van der Waals surface area contributed by atoms with Gasteiger partial charge in [-0.05, 0) is 60.2 Å². The van der Waals surface area contributed by atoms with Crippen LogP contribution in [0.3, 0.4) is 0 Å². The van der Waals surface area contributed by atoms with E-state index in [4.69, 9.17) is 11.6 Å². The monoisotopic (exact) mass is 513 g/mol. The number of thiophene rings is 1. The number of amides is 1. The first-order valence-electron chi connectivity index (χ1n) is 10.8. The lowest BCUT2D eigenvalue weighted by molar-refractivity contribution is 0.0982. The van der Waals surface area contributed by atoms with Crippen LogP contribution in [0.25, 0.3) is 21.5 Å². The van der Waals surface area contributed by atoms with Gasteiger partial charge >= 0.3 is 0 Å². The molecule has 0 atom stereocenters. The highest BCUT2D eigenvalue weighted by Crippen LogP contribution is 2.30. The molecule has 2 aromatic heterocycles. The van der Waals surface area contributed by atoms with E-state index >= 15 is 0 Å². The molecular weight excluding hydrogens is 490 g/mol. The quantitative estimate of drug-likeness (QED) is 0.306. The van der Waals surface area contributed by atoms with Crippen molar-refractivity contribution in [3.63, 3.8) is 0 Å². The van der Waals surface area contributed by atoms with Gasteiger partial charge in [-0.3, -0.25) is 4.79 Å². The van der Waals surface area contributed by atoms with Crippen molar-refractivity contribution in [2.24, 2.45) is 0 Å². The molecule has 1 N–H and O–H groups in total. The number of benzene rings is 2. The Hall–Kier alpha value is -2.94. The number of aryl methyl sites for hydroxylation is 1. The van der Waals surface area contributed by atoms with E-state index < -0.39 is 15.9 Å². The van der Waals surface area contributed by atoms with Crippen LogP contribution in [0.4, 0.5) is 0 Å². The summed E-state index contributed by atoms with van der Waals surface area (Å²) >= 11 is 8.26. The Balaban J connectivity index is 1.61. The minimum Gasteiger partial charge on any atom is -0.324 e. The predicted octanol–water partition coefficient (Wildman–Crippen LogP) is 6.15. The summed E-state index contributed by atoms with van der Waals surface area (Å²) in [5.74, 6) is 0.0767. The van der Waals surface area contributed by atoms with Gasteiger partial charge in [0.15, 0.2) is 0 Å². The van der Waals surface area contributed by atoms with Crippen molar-refractivity contribution >= 4 is 49.9 Å². The summed E-state index contributed by atoms with van der Waals surface area (Å²) < 4.78 is 28.4. The molecule has 0 aliphatic carbocycles. The second-order valence-electron chi connectivity index (χ2n) is 7.87. The summed E-state index contributed by atoms with van der Waals surface area (Å²) in [4.78, 5) is 18.4. The molecule has 6 nitrogen and oxygen atoms in total. The highest BCUT2D eigenvalue weighted by molar-refractivity contribution is 7.92. The lowest BCUT2D eigenvalue weighted by Gasteiger charge is -2.11. The standard InChI is InChI=1S/C25H24ClN3O3S2/c1-3-4-5-13-34(31,32)28-25(30)19-10-11-22-23(15-19)29(17(2)27-22)16-20-9-8-18(14-21(20)26)24-7-6-12-33-24/h5-15H,3-4,16H2,1-2H3,(H,28,30)/b13-5+. The molecule has 9 heteroatoms. The number of aromatic nitrogens is 2. The zero-order chi connectivity index (χ0) is 24.3. The van der Waals surface area contributed by atoms with Crippen LogP contribution >= 0.6 is 22.9 Å². The largest absolute Gasteiger partial charge is 0.324 e. The zero-order valence-corrected chi connectivity index (χ0v) is 21.2. The number of fused-ring (bicyclic) bond motifs is 1. The van der Waals surface area contributed by atoms with Crippen molar-refractivity contribution in [3.05, 3.63) is 87.4 Å². The maximum absolute atomic E-state index is 12.6. The first kappa shape index (κ1) is 24.2. The summed E-state index contributed by atoms with van der Waals surface area (Å²) in [6.07, 6.45) is 2.97. The number of carbonyl (C=O) groups excluding carboxylic acids is 1. The summed E-state index contributed by atoms with van der Waals surface area (Å²) in [5, 5.41) is 3.70. The lowest BCUT2D eigenvalue weighted by Crippen LogP contribution is -2.28. The first-order valence-corrected chi connectivity index (χ1v) is 13.6. The van der Waals surface area contributed by atoms with Crippen LogP contribution in [0.2, 0.25) is 5.02 Å². The number of sulfonamides is 1. The van der Waals surface area contributed by atoms with Gasteiger partial charge in [0, 0.05) is 20.9 Å². The molecule has 2 aromatic carbocycles. The first-order chi connectivity index (χ1) is 16.3. The molecule has 2 heterocycles. The fourth-order valence-corrected chi connectivity index (χ4v) is 5.41. The summed E-state index contributed by atoms with van der Waals surface area (Å²) in [7, 11) is -3.86. The van der Waals surface area contributed by atoms with E-state index in [2.05, 4.69) is 15.8 Å². The van der Waals surface area contributed by atoms with Crippen LogP contribution < -0.4 is 4.72 Å². The number of halogens is 1. The fraction of sp³-hybridized carbons (Fsp3) is 0.200. The van der Waals surface area contributed by atoms with Gasteiger partial charge in [-0.1, -0.05) is 49.2 Å². The Morgan fingerprint density at radius 1 is 1.21 bits per heavy atom. The van der Waals surface area contributed by atoms with Crippen molar-refractivity contribution in [2.75, 3.05) is 0 Å². The number of imidazole rings is 1. The van der Waals surface area contributed by atoms with Crippen LogP contribution in [-0.2, 0) is 16.6 Å². The highest BCUT2D eigenvalue weighted by Gasteiger charge is 2.16. The fourth-order valence-electron chi connectivity index (χ4n) is 3.61. The number of unbranched alkanes of at least 4 members (excludes halogenated alkanes) is 1. The molecule has 34 heavy (non-hydrogen) atoms. The molecule has 0 bridgehead atoms. The minimum absolute atomic E-state index is 0.236.